The van der Waals surface area contributed by atoms with Crippen LogP contribution in [-0.4, -0.2) is 35.9 Å². The standard InChI is InChI=1S/C20H25N3O/c1-14-3-2-4-17(9-14)22-8-7-15(12-22)20(24)11-16-10-18-5-6-19(16)23(18)13-21/h2-4,9,15-16,18-19H,5-8,10-12H2,1H3/t15-,16-,18-,19+/m0/s1. The Morgan fingerprint density at radius 2 is 2.21 bits per heavy atom. The molecule has 0 N–H and O–H groups in total. The summed E-state index contributed by atoms with van der Waals surface area (Å²) >= 11 is 0. The van der Waals surface area contributed by atoms with Crippen molar-refractivity contribution < 1.29 is 4.79 Å². The van der Waals surface area contributed by atoms with E-state index in [2.05, 4.69) is 42.3 Å². The predicted molar refractivity (Wildman–Crippen MR) is 93.5 cm³/mol. The number of rotatable bonds is 4. The Morgan fingerprint density at radius 3 is 2.96 bits per heavy atom. The van der Waals surface area contributed by atoms with Crippen LogP contribution in [0.5, 0.6) is 0 Å². The molecular formula is C20H25N3O. The molecule has 0 amide bonds. The molecule has 3 fully saturated rings. The number of carbonyl (C=O) groups is 1. The number of Topliss-reactive ketones (excluding diaryl/α,β-unsaturated/α-hetero) is 1. The van der Waals surface area contributed by atoms with Crippen molar-refractivity contribution in [3.8, 4) is 6.19 Å². The van der Waals surface area contributed by atoms with E-state index in [1.165, 1.54) is 11.3 Å². The number of carbonyl (C=O) groups excluding carboxylic acids is 1. The molecule has 0 saturated carbocycles. The number of nitriles is 1. The summed E-state index contributed by atoms with van der Waals surface area (Å²) in [7, 11) is 0. The van der Waals surface area contributed by atoms with Crippen LogP contribution in [0.1, 0.15) is 37.7 Å². The summed E-state index contributed by atoms with van der Waals surface area (Å²) < 4.78 is 0. The highest BCUT2D eigenvalue weighted by Crippen LogP contribution is 2.43. The van der Waals surface area contributed by atoms with Gasteiger partial charge in [-0.2, -0.15) is 5.26 Å². The van der Waals surface area contributed by atoms with E-state index in [0.717, 1.165) is 38.8 Å². The van der Waals surface area contributed by atoms with Crippen LogP contribution in [0.2, 0.25) is 0 Å². The number of aryl methyl sites for hydroxylation is 1. The second kappa shape index (κ2) is 6.12. The Kier molecular flexibility index (Phi) is 3.96. The van der Waals surface area contributed by atoms with Crippen molar-refractivity contribution in [2.24, 2.45) is 11.8 Å². The van der Waals surface area contributed by atoms with Crippen molar-refractivity contribution in [3.63, 3.8) is 0 Å². The van der Waals surface area contributed by atoms with E-state index in [0.29, 0.717) is 30.2 Å². The molecule has 0 radical (unpaired) electrons. The van der Waals surface area contributed by atoms with Crippen LogP contribution in [0.15, 0.2) is 24.3 Å². The number of hydrogen-bond donors (Lipinski definition) is 0. The van der Waals surface area contributed by atoms with Gasteiger partial charge in [0.2, 0.25) is 0 Å². The fourth-order valence-electron chi connectivity index (χ4n) is 5.00. The second-order valence-electron chi connectivity index (χ2n) is 7.74. The molecule has 1 aromatic rings. The number of benzene rings is 1. The third kappa shape index (κ3) is 2.66. The van der Waals surface area contributed by atoms with Gasteiger partial charge in [0.25, 0.3) is 0 Å². The zero-order chi connectivity index (χ0) is 16.7. The number of fused-ring (bicyclic) bond motifs is 2. The van der Waals surface area contributed by atoms with Crippen molar-refractivity contribution in [2.45, 2.75) is 51.1 Å². The molecule has 1 aromatic carbocycles. The van der Waals surface area contributed by atoms with Crippen LogP contribution in [0.3, 0.4) is 0 Å². The topological polar surface area (TPSA) is 47.3 Å². The maximum atomic E-state index is 12.8. The lowest BCUT2D eigenvalue weighted by Gasteiger charge is -2.22. The van der Waals surface area contributed by atoms with Crippen molar-refractivity contribution in [1.29, 1.82) is 5.26 Å². The molecule has 0 spiro atoms. The highest BCUT2D eigenvalue weighted by molar-refractivity contribution is 5.82. The third-order valence-corrected chi connectivity index (χ3v) is 6.25. The van der Waals surface area contributed by atoms with Crippen molar-refractivity contribution in [1.82, 2.24) is 4.90 Å². The predicted octanol–water partition coefficient (Wildman–Crippen LogP) is 3.11. The Balaban J connectivity index is 1.36. The minimum Gasteiger partial charge on any atom is -0.371 e. The van der Waals surface area contributed by atoms with Gasteiger partial charge < -0.3 is 9.80 Å². The summed E-state index contributed by atoms with van der Waals surface area (Å²) in [5.74, 6) is 0.990. The Hall–Kier alpha value is -2.02. The summed E-state index contributed by atoms with van der Waals surface area (Å²) in [5, 5.41) is 9.28. The summed E-state index contributed by atoms with van der Waals surface area (Å²) in [5.41, 5.74) is 2.50. The molecule has 2 bridgehead atoms. The molecule has 3 saturated heterocycles. The van der Waals surface area contributed by atoms with Gasteiger partial charge in [-0.3, -0.25) is 4.79 Å². The van der Waals surface area contributed by atoms with Gasteiger partial charge in [-0.15, -0.1) is 0 Å². The van der Waals surface area contributed by atoms with Crippen molar-refractivity contribution >= 4 is 11.5 Å². The Morgan fingerprint density at radius 1 is 1.33 bits per heavy atom. The van der Waals surface area contributed by atoms with Gasteiger partial charge in [-0.1, -0.05) is 12.1 Å². The molecule has 3 heterocycles. The minimum absolute atomic E-state index is 0.167. The smallest absolute Gasteiger partial charge is 0.179 e. The average molecular weight is 323 g/mol. The second-order valence-corrected chi connectivity index (χ2v) is 7.74. The van der Waals surface area contributed by atoms with Crippen LogP contribution in [0.25, 0.3) is 0 Å². The van der Waals surface area contributed by atoms with E-state index < -0.39 is 0 Å². The largest absolute Gasteiger partial charge is 0.371 e. The molecule has 3 aliphatic rings. The van der Waals surface area contributed by atoms with Crippen molar-refractivity contribution in [3.05, 3.63) is 29.8 Å². The number of anilines is 1. The van der Waals surface area contributed by atoms with E-state index in [1.807, 2.05) is 4.90 Å². The number of nitrogens with zero attached hydrogens (tertiary/aromatic N) is 3. The first kappa shape index (κ1) is 15.5. The van der Waals surface area contributed by atoms with E-state index in [1.54, 1.807) is 0 Å². The summed E-state index contributed by atoms with van der Waals surface area (Å²) in [6.07, 6.45) is 7.25. The first-order chi connectivity index (χ1) is 11.7. The molecule has 4 rings (SSSR count). The van der Waals surface area contributed by atoms with E-state index in [9.17, 15) is 10.1 Å². The molecule has 4 atom stereocenters. The van der Waals surface area contributed by atoms with Crippen molar-refractivity contribution in [2.75, 3.05) is 18.0 Å². The summed E-state index contributed by atoms with van der Waals surface area (Å²) in [4.78, 5) is 17.1. The molecule has 3 aliphatic heterocycles. The molecule has 0 aromatic heterocycles. The van der Waals surface area contributed by atoms with Crippen LogP contribution in [0.4, 0.5) is 5.69 Å². The van der Waals surface area contributed by atoms with Crippen LogP contribution in [0, 0.1) is 30.2 Å². The molecule has 4 nitrogen and oxygen atoms in total. The zero-order valence-corrected chi connectivity index (χ0v) is 14.3. The van der Waals surface area contributed by atoms with E-state index in [4.69, 9.17) is 0 Å². The van der Waals surface area contributed by atoms with E-state index >= 15 is 0 Å². The highest BCUT2D eigenvalue weighted by atomic mass is 16.1. The number of ketones is 1. The quantitative estimate of drug-likeness (QED) is 0.799. The van der Waals surface area contributed by atoms with E-state index in [-0.39, 0.29) is 5.92 Å². The maximum absolute atomic E-state index is 12.8. The maximum Gasteiger partial charge on any atom is 0.179 e. The fourth-order valence-corrected chi connectivity index (χ4v) is 5.00. The van der Waals surface area contributed by atoms with Crippen LogP contribution in [-0.2, 0) is 4.79 Å². The van der Waals surface area contributed by atoms with Gasteiger partial charge >= 0.3 is 0 Å². The minimum atomic E-state index is 0.167. The van der Waals surface area contributed by atoms with Gasteiger partial charge in [-0.25, -0.2) is 0 Å². The summed E-state index contributed by atoms with van der Waals surface area (Å²) in [6, 6.07) is 9.28. The monoisotopic (exact) mass is 323 g/mol. The normalized spacial score (nSPS) is 31.5. The number of hydrogen-bond acceptors (Lipinski definition) is 4. The van der Waals surface area contributed by atoms with Gasteiger partial charge in [0.15, 0.2) is 6.19 Å². The first-order valence-electron chi connectivity index (χ1n) is 9.18. The highest BCUT2D eigenvalue weighted by Gasteiger charge is 2.47. The third-order valence-electron chi connectivity index (χ3n) is 6.25. The van der Waals surface area contributed by atoms with Gasteiger partial charge in [0, 0.05) is 43.2 Å². The molecule has 0 unspecified atom stereocenters. The fraction of sp³-hybridized carbons (Fsp3) is 0.600. The molecule has 24 heavy (non-hydrogen) atoms. The van der Waals surface area contributed by atoms with Gasteiger partial charge in [-0.05, 0) is 56.2 Å². The van der Waals surface area contributed by atoms with Gasteiger partial charge in [0.05, 0.1) is 0 Å². The average Bonchev–Trinajstić information content (AvgIpc) is 3.28. The zero-order valence-electron chi connectivity index (χ0n) is 14.3. The van der Waals surface area contributed by atoms with Crippen LogP contribution >= 0.6 is 0 Å². The lowest BCUT2D eigenvalue weighted by molar-refractivity contribution is -0.123. The van der Waals surface area contributed by atoms with Crippen LogP contribution < -0.4 is 4.90 Å². The Labute approximate surface area is 144 Å². The Bertz CT molecular complexity index is 680. The lowest BCUT2D eigenvalue weighted by atomic mass is 9.83. The summed E-state index contributed by atoms with van der Waals surface area (Å²) in [6.45, 7) is 3.93. The molecule has 0 aliphatic carbocycles. The molecular weight excluding hydrogens is 298 g/mol. The van der Waals surface area contributed by atoms with Gasteiger partial charge in [0.1, 0.15) is 5.78 Å². The molecule has 4 heteroatoms. The molecule has 126 valence electrons. The lowest BCUT2D eigenvalue weighted by Crippen LogP contribution is -2.29. The SMILES string of the molecule is Cc1cccc(N2CC[C@H](C(=O)C[C@@H]3C[C@@H]4CC[C@H]3N4C#N)C2)c1. The first-order valence-corrected chi connectivity index (χ1v) is 9.18.